The van der Waals surface area contributed by atoms with Crippen LogP contribution in [0.3, 0.4) is 0 Å². The Labute approximate surface area is 92.1 Å². The van der Waals surface area contributed by atoms with E-state index >= 15 is 0 Å². The number of rotatable bonds is 1. The molecule has 16 heavy (non-hydrogen) atoms. The van der Waals surface area contributed by atoms with E-state index in [2.05, 4.69) is 9.97 Å². The number of anilines is 1. The molecular formula is C9H9BF3N3. The average molecular weight is 227 g/mol. The second-order valence-electron chi connectivity index (χ2n) is 3.71. The molecule has 0 aliphatic carbocycles. The largest absolute Gasteiger partial charge is 0.408 e. The zero-order valence-electron chi connectivity index (χ0n) is 8.41. The Hall–Kier alpha value is -1.27. The summed E-state index contributed by atoms with van der Waals surface area (Å²) in [6.45, 7) is 0.327. The number of hydrogen-bond acceptors (Lipinski definition) is 3. The zero-order valence-corrected chi connectivity index (χ0v) is 8.41. The molecule has 0 amide bonds. The van der Waals surface area contributed by atoms with Crippen molar-refractivity contribution in [1.82, 2.24) is 9.97 Å². The molecule has 1 aromatic rings. The first-order chi connectivity index (χ1) is 7.48. The summed E-state index contributed by atoms with van der Waals surface area (Å²) in [6.07, 6.45) is -1.02. The highest BCUT2D eigenvalue weighted by atomic mass is 19.4. The SMILES string of the molecule is [B]c1cnc(N2CCC[C@H]2C(F)(F)F)nc1. The van der Waals surface area contributed by atoms with E-state index in [0.717, 1.165) is 0 Å². The summed E-state index contributed by atoms with van der Waals surface area (Å²) < 4.78 is 38.0. The Balaban J connectivity index is 2.23. The van der Waals surface area contributed by atoms with E-state index in [1.165, 1.54) is 17.3 Å². The minimum atomic E-state index is -4.23. The van der Waals surface area contributed by atoms with Crippen molar-refractivity contribution < 1.29 is 13.2 Å². The fraction of sp³-hybridized carbons (Fsp3) is 0.556. The van der Waals surface area contributed by atoms with E-state index in [9.17, 15) is 13.2 Å². The van der Waals surface area contributed by atoms with Crippen molar-refractivity contribution in [1.29, 1.82) is 0 Å². The third kappa shape index (κ3) is 2.12. The average Bonchev–Trinajstić information content (AvgIpc) is 2.66. The summed E-state index contributed by atoms with van der Waals surface area (Å²) in [5.74, 6) is 0.0917. The van der Waals surface area contributed by atoms with Crippen molar-refractivity contribution in [2.45, 2.75) is 25.1 Å². The maximum Gasteiger partial charge on any atom is 0.408 e. The predicted octanol–water partition coefficient (Wildman–Crippen LogP) is 0.802. The Morgan fingerprint density at radius 1 is 1.31 bits per heavy atom. The molecule has 1 fully saturated rings. The number of alkyl halides is 3. The number of aromatic nitrogens is 2. The van der Waals surface area contributed by atoms with Gasteiger partial charge in [-0.05, 0) is 12.8 Å². The standard InChI is InChI=1S/C9H9BF3N3/c10-6-4-14-8(15-5-6)16-3-1-2-7(16)9(11,12)13/h4-5,7H,1-3H2/t7-/m0/s1. The molecule has 0 spiro atoms. The molecule has 1 aliphatic rings. The molecule has 0 saturated carbocycles. The van der Waals surface area contributed by atoms with E-state index in [1.54, 1.807) is 0 Å². The summed E-state index contributed by atoms with van der Waals surface area (Å²) in [4.78, 5) is 8.81. The molecular weight excluding hydrogens is 218 g/mol. The zero-order chi connectivity index (χ0) is 11.8. The van der Waals surface area contributed by atoms with Gasteiger partial charge in [0, 0.05) is 18.9 Å². The Morgan fingerprint density at radius 3 is 2.50 bits per heavy atom. The number of nitrogens with zero attached hydrogens (tertiary/aromatic N) is 3. The monoisotopic (exact) mass is 227 g/mol. The van der Waals surface area contributed by atoms with Crippen LogP contribution in [0.5, 0.6) is 0 Å². The molecule has 1 saturated heterocycles. The van der Waals surface area contributed by atoms with Crippen LogP contribution in [0.4, 0.5) is 19.1 Å². The van der Waals surface area contributed by atoms with Crippen molar-refractivity contribution in [3.8, 4) is 0 Å². The second-order valence-corrected chi connectivity index (χ2v) is 3.71. The van der Waals surface area contributed by atoms with Crippen LogP contribution in [0, 0.1) is 0 Å². The van der Waals surface area contributed by atoms with Crippen molar-refractivity contribution in [2.24, 2.45) is 0 Å². The van der Waals surface area contributed by atoms with Crippen LogP contribution in [0.2, 0.25) is 0 Å². The van der Waals surface area contributed by atoms with Gasteiger partial charge in [0.2, 0.25) is 5.95 Å². The van der Waals surface area contributed by atoms with Gasteiger partial charge in [-0.15, -0.1) is 0 Å². The van der Waals surface area contributed by atoms with Gasteiger partial charge in [-0.25, -0.2) is 9.97 Å². The lowest BCUT2D eigenvalue weighted by atomic mass is 10.0. The van der Waals surface area contributed by atoms with Crippen molar-refractivity contribution in [3.63, 3.8) is 0 Å². The summed E-state index contributed by atoms with van der Waals surface area (Å²) >= 11 is 0. The van der Waals surface area contributed by atoms with Crippen LogP contribution in [-0.2, 0) is 0 Å². The Kier molecular flexibility index (Phi) is 2.77. The summed E-state index contributed by atoms with van der Waals surface area (Å²) in [5, 5.41) is 0. The van der Waals surface area contributed by atoms with Crippen molar-refractivity contribution in [2.75, 3.05) is 11.4 Å². The topological polar surface area (TPSA) is 29.0 Å². The normalized spacial score (nSPS) is 21.4. The summed E-state index contributed by atoms with van der Waals surface area (Å²) in [7, 11) is 5.38. The molecule has 2 rings (SSSR count). The molecule has 7 heteroatoms. The molecule has 3 nitrogen and oxygen atoms in total. The number of halogens is 3. The first-order valence-corrected chi connectivity index (χ1v) is 4.89. The third-order valence-corrected chi connectivity index (χ3v) is 2.55. The maximum atomic E-state index is 12.7. The molecule has 0 aromatic carbocycles. The first-order valence-electron chi connectivity index (χ1n) is 4.89. The molecule has 1 atom stereocenters. The highest BCUT2D eigenvalue weighted by molar-refractivity contribution is 6.31. The fourth-order valence-corrected chi connectivity index (χ4v) is 1.83. The smallest absolute Gasteiger partial charge is 0.329 e. The van der Waals surface area contributed by atoms with E-state index in [4.69, 9.17) is 7.85 Å². The molecule has 1 aliphatic heterocycles. The van der Waals surface area contributed by atoms with Crippen molar-refractivity contribution in [3.05, 3.63) is 12.4 Å². The highest BCUT2D eigenvalue weighted by Crippen LogP contribution is 2.34. The van der Waals surface area contributed by atoms with Gasteiger partial charge in [0.1, 0.15) is 13.9 Å². The van der Waals surface area contributed by atoms with Crippen LogP contribution in [-0.4, -0.2) is 36.6 Å². The lowest BCUT2D eigenvalue weighted by Crippen LogP contribution is -2.42. The van der Waals surface area contributed by atoms with Crippen LogP contribution < -0.4 is 10.4 Å². The van der Waals surface area contributed by atoms with Gasteiger partial charge >= 0.3 is 6.18 Å². The minimum absolute atomic E-state index is 0.0917. The molecule has 84 valence electrons. The fourth-order valence-electron chi connectivity index (χ4n) is 1.83. The van der Waals surface area contributed by atoms with E-state index in [0.29, 0.717) is 18.4 Å². The minimum Gasteiger partial charge on any atom is -0.329 e. The molecule has 0 bridgehead atoms. The summed E-state index contributed by atoms with van der Waals surface area (Å²) in [6, 6.07) is -1.48. The Morgan fingerprint density at radius 2 is 1.94 bits per heavy atom. The second kappa shape index (κ2) is 3.95. The van der Waals surface area contributed by atoms with Gasteiger partial charge in [-0.3, -0.25) is 0 Å². The van der Waals surface area contributed by atoms with E-state index in [-0.39, 0.29) is 12.4 Å². The molecule has 2 radical (unpaired) electrons. The molecule has 0 unspecified atom stereocenters. The van der Waals surface area contributed by atoms with Crippen LogP contribution in [0.25, 0.3) is 0 Å². The van der Waals surface area contributed by atoms with Crippen LogP contribution >= 0.6 is 0 Å². The van der Waals surface area contributed by atoms with Gasteiger partial charge in [0.15, 0.2) is 0 Å². The predicted molar refractivity (Wildman–Crippen MR) is 53.8 cm³/mol. The van der Waals surface area contributed by atoms with Crippen molar-refractivity contribution >= 4 is 19.3 Å². The highest BCUT2D eigenvalue weighted by Gasteiger charge is 2.46. The maximum absolute atomic E-state index is 12.7. The quantitative estimate of drug-likeness (QED) is 0.664. The van der Waals surface area contributed by atoms with Gasteiger partial charge in [0.05, 0.1) is 0 Å². The van der Waals surface area contributed by atoms with Gasteiger partial charge in [-0.2, -0.15) is 13.2 Å². The van der Waals surface area contributed by atoms with E-state index < -0.39 is 12.2 Å². The lowest BCUT2D eigenvalue weighted by molar-refractivity contribution is -0.146. The molecule has 2 heterocycles. The van der Waals surface area contributed by atoms with Crippen LogP contribution in [0.15, 0.2) is 12.4 Å². The molecule has 1 aromatic heterocycles. The first kappa shape index (κ1) is 11.2. The third-order valence-electron chi connectivity index (χ3n) is 2.55. The van der Waals surface area contributed by atoms with Gasteiger partial charge < -0.3 is 4.90 Å². The van der Waals surface area contributed by atoms with Gasteiger partial charge in [-0.1, -0.05) is 5.46 Å². The number of hydrogen-bond donors (Lipinski definition) is 0. The molecule has 0 N–H and O–H groups in total. The van der Waals surface area contributed by atoms with Gasteiger partial charge in [0.25, 0.3) is 0 Å². The summed E-state index contributed by atoms with van der Waals surface area (Å²) in [5.41, 5.74) is 0.339. The van der Waals surface area contributed by atoms with Crippen LogP contribution in [0.1, 0.15) is 12.8 Å². The Bertz CT molecular complexity index is 365. The lowest BCUT2D eigenvalue weighted by Gasteiger charge is -2.26. The van der Waals surface area contributed by atoms with E-state index in [1.807, 2.05) is 0 Å².